The van der Waals surface area contributed by atoms with Crippen molar-refractivity contribution in [1.82, 2.24) is 9.21 Å². The molecule has 27 heavy (non-hydrogen) atoms. The molecule has 152 valence electrons. The van der Waals surface area contributed by atoms with Crippen molar-refractivity contribution in [1.29, 1.82) is 0 Å². The van der Waals surface area contributed by atoms with E-state index in [1.54, 1.807) is 4.31 Å². The monoisotopic (exact) mass is 396 g/mol. The SMILES string of the molecule is Cc1c(C)c(C)c(S(=O)(=O)N2CCN(CCCCC(=O)O)CC2)c(C)c1C. The predicted molar refractivity (Wildman–Crippen MR) is 107 cm³/mol. The minimum atomic E-state index is -3.52. The molecule has 1 fully saturated rings. The Morgan fingerprint density at radius 3 is 1.81 bits per heavy atom. The van der Waals surface area contributed by atoms with Crippen LogP contribution in [0.15, 0.2) is 4.90 Å². The zero-order valence-corrected chi connectivity index (χ0v) is 17.9. The van der Waals surface area contributed by atoms with E-state index in [-0.39, 0.29) is 6.42 Å². The molecule has 1 saturated heterocycles. The lowest BCUT2D eigenvalue weighted by Gasteiger charge is -2.35. The van der Waals surface area contributed by atoms with Crippen LogP contribution in [-0.2, 0) is 14.8 Å². The summed E-state index contributed by atoms with van der Waals surface area (Å²) in [4.78, 5) is 13.3. The Hall–Kier alpha value is -1.44. The fourth-order valence-corrected chi connectivity index (χ4v) is 5.77. The Morgan fingerprint density at radius 2 is 1.33 bits per heavy atom. The molecule has 7 heteroatoms. The van der Waals surface area contributed by atoms with Crippen LogP contribution in [0, 0.1) is 34.6 Å². The van der Waals surface area contributed by atoms with Crippen LogP contribution in [0.2, 0.25) is 0 Å². The van der Waals surface area contributed by atoms with Gasteiger partial charge in [0.2, 0.25) is 10.0 Å². The average Bonchev–Trinajstić information content (AvgIpc) is 2.62. The predicted octanol–water partition coefficient (Wildman–Crippen LogP) is 2.79. The zero-order valence-electron chi connectivity index (χ0n) is 17.1. The maximum Gasteiger partial charge on any atom is 0.303 e. The van der Waals surface area contributed by atoms with Gasteiger partial charge >= 0.3 is 5.97 Å². The molecular weight excluding hydrogens is 364 g/mol. The number of rotatable bonds is 7. The number of nitrogens with zero attached hydrogens (tertiary/aromatic N) is 2. The summed E-state index contributed by atoms with van der Waals surface area (Å²) in [6, 6.07) is 0. The van der Waals surface area contributed by atoms with E-state index in [2.05, 4.69) is 4.90 Å². The number of aliphatic carboxylic acids is 1. The molecule has 1 aromatic rings. The van der Waals surface area contributed by atoms with E-state index in [0.717, 1.165) is 40.8 Å². The number of unbranched alkanes of at least 4 members (excludes halogenated alkanes) is 1. The Morgan fingerprint density at radius 1 is 0.852 bits per heavy atom. The molecule has 1 N–H and O–H groups in total. The molecule has 2 rings (SSSR count). The van der Waals surface area contributed by atoms with Crippen LogP contribution in [0.25, 0.3) is 0 Å². The van der Waals surface area contributed by atoms with Gasteiger partial charge in [0.15, 0.2) is 0 Å². The van der Waals surface area contributed by atoms with Gasteiger partial charge < -0.3 is 10.0 Å². The lowest BCUT2D eigenvalue weighted by molar-refractivity contribution is -0.137. The maximum atomic E-state index is 13.3. The molecule has 0 saturated carbocycles. The smallest absolute Gasteiger partial charge is 0.303 e. The van der Waals surface area contributed by atoms with Crippen LogP contribution in [0.5, 0.6) is 0 Å². The van der Waals surface area contributed by atoms with Crippen molar-refractivity contribution in [3.8, 4) is 0 Å². The number of piperazine rings is 1. The zero-order chi connectivity index (χ0) is 20.4. The second-order valence-corrected chi connectivity index (χ2v) is 9.43. The summed E-state index contributed by atoms with van der Waals surface area (Å²) in [5.74, 6) is -0.764. The molecule has 0 aromatic heterocycles. The Bertz CT molecular complexity index is 781. The van der Waals surface area contributed by atoms with E-state index >= 15 is 0 Å². The van der Waals surface area contributed by atoms with Crippen molar-refractivity contribution < 1.29 is 18.3 Å². The van der Waals surface area contributed by atoms with Crippen LogP contribution < -0.4 is 0 Å². The van der Waals surface area contributed by atoms with Crippen molar-refractivity contribution in [2.75, 3.05) is 32.7 Å². The first-order valence-electron chi connectivity index (χ1n) is 9.58. The lowest BCUT2D eigenvalue weighted by Crippen LogP contribution is -2.49. The fraction of sp³-hybridized carbons (Fsp3) is 0.650. The highest BCUT2D eigenvalue weighted by Gasteiger charge is 2.32. The van der Waals surface area contributed by atoms with Crippen LogP contribution in [0.1, 0.15) is 47.1 Å². The Kier molecular flexibility index (Phi) is 7.05. The van der Waals surface area contributed by atoms with E-state index < -0.39 is 16.0 Å². The molecule has 0 radical (unpaired) electrons. The number of hydrogen-bond donors (Lipinski definition) is 1. The van der Waals surface area contributed by atoms with Gasteiger partial charge in [0.1, 0.15) is 0 Å². The summed E-state index contributed by atoms with van der Waals surface area (Å²) in [5.41, 5.74) is 4.97. The van der Waals surface area contributed by atoms with Crippen LogP contribution in [-0.4, -0.2) is 61.4 Å². The summed E-state index contributed by atoms with van der Waals surface area (Å²) in [6.45, 7) is 13.0. The first-order valence-corrected chi connectivity index (χ1v) is 11.0. The number of benzene rings is 1. The molecule has 6 nitrogen and oxygen atoms in total. The van der Waals surface area contributed by atoms with E-state index in [0.29, 0.717) is 37.5 Å². The molecule has 0 atom stereocenters. The quantitative estimate of drug-likeness (QED) is 0.717. The summed E-state index contributed by atoms with van der Waals surface area (Å²) in [7, 11) is -3.52. The summed E-state index contributed by atoms with van der Waals surface area (Å²) in [6.07, 6.45) is 1.68. The molecule has 1 aliphatic rings. The largest absolute Gasteiger partial charge is 0.481 e. The van der Waals surface area contributed by atoms with Crippen LogP contribution in [0.4, 0.5) is 0 Å². The van der Waals surface area contributed by atoms with Crippen molar-refractivity contribution in [3.63, 3.8) is 0 Å². The highest BCUT2D eigenvalue weighted by atomic mass is 32.2. The van der Waals surface area contributed by atoms with E-state index in [4.69, 9.17) is 5.11 Å². The van der Waals surface area contributed by atoms with E-state index in [9.17, 15) is 13.2 Å². The first-order chi connectivity index (χ1) is 12.6. The van der Waals surface area contributed by atoms with Crippen LogP contribution in [0.3, 0.4) is 0 Å². The fourth-order valence-electron chi connectivity index (χ4n) is 3.79. The van der Waals surface area contributed by atoms with Gasteiger partial charge in [-0.3, -0.25) is 4.79 Å². The topological polar surface area (TPSA) is 77.9 Å². The lowest BCUT2D eigenvalue weighted by atomic mass is 9.95. The Balaban J connectivity index is 2.09. The molecule has 0 unspecified atom stereocenters. The highest BCUT2D eigenvalue weighted by Crippen LogP contribution is 2.31. The van der Waals surface area contributed by atoms with Gasteiger partial charge in [-0.1, -0.05) is 0 Å². The average molecular weight is 397 g/mol. The number of hydrogen-bond acceptors (Lipinski definition) is 4. The third-order valence-corrected chi connectivity index (χ3v) is 8.15. The van der Waals surface area contributed by atoms with Gasteiger partial charge in [-0.2, -0.15) is 4.31 Å². The van der Waals surface area contributed by atoms with Crippen molar-refractivity contribution in [2.45, 2.75) is 58.8 Å². The second-order valence-electron chi connectivity index (χ2n) is 7.55. The van der Waals surface area contributed by atoms with Gasteiger partial charge in [0.25, 0.3) is 0 Å². The number of sulfonamides is 1. The van der Waals surface area contributed by atoms with Gasteiger partial charge in [-0.25, -0.2) is 8.42 Å². The summed E-state index contributed by atoms with van der Waals surface area (Å²) >= 11 is 0. The van der Waals surface area contributed by atoms with Crippen molar-refractivity contribution in [2.24, 2.45) is 0 Å². The molecule has 0 bridgehead atoms. The second kappa shape index (κ2) is 8.71. The maximum absolute atomic E-state index is 13.3. The number of carbonyl (C=O) groups is 1. The number of carboxylic acid groups (broad SMARTS) is 1. The summed E-state index contributed by atoms with van der Waals surface area (Å²) in [5, 5.41) is 8.70. The minimum Gasteiger partial charge on any atom is -0.481 e. The summed E-state index contributed by atoms with van der Waals surface area (Å²) < 4.78 is 28.3. The molecular formula is C20H32N2O4S. The third-order valence-electron chi connectivity index (χ3n) is 5.98. The van der Waals surface area contributed by atoms with Crippen molar-refractivity contribution in [3.05, 3.63) is 27.8 Å². The first kappa shape index (κ1) is 21.9. The van der Waals surface area contributed by atoms with E-state index in [1.165, 1.54) is 0 Å². The third kappa shape index (κ3) is 4.70. The van der Waals surface area contributed by atoms with Gasteiger partial charge in [-0.15, -0.1) is 0 Å². The van der Waals surface area contributed by atoms with Crippen LogP contribution >= 0.6 is 0 Å². The molecule has 0 amide bonds. The standard InChI is InChI=1S/C20H32N2O4S/c1-14-15(2)17(4)20(18(5)16(14)3)27(25,26)22-12-10-21(11-13-22)9-7-6-8-19(23)24/h6-13H2,1-5H3,(H,23,24). The van der Waals surface area contributed by atoms with Gasteiger partial charge in [0, 0.05) is 32.6 Å². The van der Waals surface area contributed by atoms with Gasteiger partial charge in [-0.05, 0) is 81.8 Å². The molecule has 0 aliphatic carbocycles. The minimum absolute atomic E-state index is 0.193. The Labute approximate surface area is 163 Å². The molecule has 1 aliphatic heterocycles. The molecule has 0 spiro atoms. The van der Waals surface area contributed by atoms with Gasteiger partial charge in [0.05, 0.1) is 4.90 Å². The molecule has 1 aromatic carbocycles. The molecule has 1 heterocycles. The van der Waals surface area contributed by atoms with E-state index in [1.807, 2.05) is 34.6 Å². The highest BCUT2D eigenvalue weighted by molar-refractivity contribution is 7.89. The normalized spacial score (nSPS) is 16.6. The van der Waals surface area contributed by atoms with Crippen molar-refractivity contribution >= 4 is 16.0 Å². The number of carboxylic acids is 1.